The Balaban J connectivity index is 1.98. The molecule has 1 atom stereocenters. The van der Waals surface area contributed by atoms with Crippen LogP contribution in [0.4, 0.5) is 0 Å². The molecule has 2 rings (SSSR count). The van der Waals surface area contributed by atoms with Gasteiger partial charge in [0.05, 0.1) is 10.6 Å². The second kappa shape index (κ2) is 6.39. The summed E-state index contributed by atoms with van der Waals surface area (Å²) in [5, 5.41) is 8.66. The van der Waals surface area contributed by atoms with Gasteiger partial charge in [-0.25, -0.2) is 0 Å². The number of benzene rings is 1. The molecular weight excluding hydrogens is 310 g/mol. The van der Waals surface area contributed by atoms with Crippen LogP contribution in [0.25, 0.3) is 0 Å². The van der Waals surface area contributed by atoms with E-state index < -0.39 is 5.97 Å². The SMILES string of the molecule is NC(CCC(=O)O)c1ccc(OC2CCC2)c(Br)c1. The van der Waals surface area contributed by atoms with Gasteiger partial charge in [0.25, 0.3) is 0 Å². The minimum Gasteiger partial charge on any atom is -0.489 e. The summed E-state index contributed by atoms with van der Waals surface area (Å²) >= 11 is 3.48. The molecule has 1 aromatic rings. The molecule has 0 saturated heterocycles. The van der Waals surface area contributed by atoms with Crippen molar-refractivity contribution in [1.29, 1.82) is 0 Å². The maximum Gasteiger partial charge on any atom is 0.303 e. The molecule has 1 fully saturated rings. The summed E-state index contributed by atoms with van der Waals surface area (Å²) in [6, 6.07) is 5.47. The third-order valence-electron chi connectivity index (χ3n) is 3.40. The molecular formula is C14H18BrNO3. The average molecular weight is 328 g/mol. The van der Waals surface area contributed by atoms with E-state index in [2.05, 4.69) is 15.9 Å². The molecule has 0 aliphatic heterocycles. The van der Waals surface area contributed by atoms with Crippen LogP contribution in [0.15, 0.2) is 22.7 Å². The summed E-state index contributed by atoms with van der Waals surface area (Å²) in [5.41, 5.74) is 6.90. The summed E-state index contributed by atoms with van der Waals surface area (Å²) in [4.78, 5) is 10.5. The van der Waals surface area contributed by atoms with Crippen molar-refractivity contribution in [1.82, 2.24) is 0 Å². The lowest BCUT2D eigenvalue weighted by Gasteiger charge is -2.27. The quantitative estimate of drug-likeness (QED) is 0.841. The van der Waals surface area contributed by atoms with E-state index in [0.717, 1.165) is 28.6 Å². The van der Waals surface area contributed by atoms with Crippen molar-refractivity contribution < 1.29 is 14.6 Å². The smallest absolute Gasteiger partial charge is 0.303 e. The van der Waals surface area contributed by atoms with Crippen LogP contribution in [-0.2, 0) is 4.79 Å². The Morgan fingerprint density at radius 3 is 2.79 bits per heavy atom. The number of hydrogen-bond donors (Lipinski definition) is 2. The molecule has 1 unspecified atom stereocenters. The molecule has 0 bridgehead atoms. The van der Waals surface area contributed by atoms with Gasteiger partial charge in [-0.05, 0) is 59.3 Å². The first-order valence-corrected chi connectivity index (χ1v) is 7.29. The zero-order valence-corrected chi connectivity index (χ0v) is 12.2. The number of carbonyl (C=O) groups is 1. The standard InChI is InChI=1S/C14H18BrNO3/c15-11-8-9(12(16)5-7-14(17)18)4-6-13(11)19-10-2-1-3-10/h4,6,8,10,12H,1-3,5,7,16H2,(H,17,18). The van der Waals surface area contributed by atoms with E-state index in [-0.39, 0.29) is 12.5 Å². The highest BCUT2D eigenvalue weighted by molar-refractivity contribution is 9.10. The minimum atomic E-state index is -0.820. The van der Waals surface area contributed by atoms with Crippen LogP contribution < -0.4 is 10.5 Å². The zero-order chi connectivity index (χ0) is 13.8. The van der Waals surface area contributed by atoms with Crippen molar-refractivity contribution in [2.24, 2.45) is 5.73 Å². The highest BCUT2D eigenvalue weighted by Gasteiger charge is 2.20. The topological polar surface area (TPSA) is 72.6 Å². The van der Waals surface area contributed by atoms with Gasteiger partial charge in [0, 0.05) is 12.5 Å². The number of hydrogen-bond acceptors (Lipinski definition) is 3. The van der Waals surface area contributed by atoms with E-state index in [1.54, 1.807) is 0 Å². The average Bonchev–Trinajstić information content (AvgIpc) is 2.32. The number of carboxylic acid groups (broad SMARTS) is 1. The van der Waals surface area contributed by atoms with Crippen molar-refractivity contribution in [3.8, 4) is 5.75 Å². The van der Waals surface area contributed by atoms with E-state index in [4.69, 9.17) is 15.6 Å². The number of halogens is 1. The Labute approximate surface area is 121 Å². The van der Waals surface area contributed by atoms with Gasteiger partial charge >= 0.3 is 5.97 Å². The molecule has 19 heavy (non-hydrogen) atoms. The first-order valence-electron chi connectivity index (χ1n) is 6.49. The molecule has 1 aromatic carbocycles. The second-order valence-corrected chi connectivity index (χ2v) is 5.75. The molecule has 1 saturated carbocycles. The molecule has 0 heterocycles. The summed E-state index contributed by atoms with van der Waals surface area (Å²) < 4.78 is 6.71. The first-order chi connectivity index (χ1) is 9.06. The van der Waals surface area contributed by atoms with Crippen LogP contribution in [0.5, 0.6) is 5.75 Å². The van der Waals surface area contributed by atoms with Gasteiger partial charge in [-0.2, -0.15) is 0 Å². The molecule has 0 amide bonds. The maximum absolute atomic E-state index is 10.5. The normalized spacial score (nSPS) is 16.7. The third kappa shape index (κ3) is 3.94. The van der Waals surface area contributed by atoms with Crippen LogP contribution in [0.2, 0.25) is 0 Å². The monoisotopic (exact) mass is 327 g/mol. The molecule has 0 spiro atoms. The molecule has 5 heteroatoms. The van der Waals surface area contributed by atoms with Gasteiger partial charge in [-0.1, -0.05) is 6.07 Å². The van der Waals surface area contributed by atoms with E-state index in [1.807, 2.05) is 18.2 Å². The number of aliphatic carboxylic acids is 1. The Bertz CT molecular complexity index is 460. The number of carboxylic acids is 1. The van der Waals surface area contributed by atoms with Crippen molar-refractivity contribution in [2.75, 3.05) is 0 Å². The summed E-state index contributed by atoms with van der Waals surface area (Å²) in [7, 11) is 0. The number of ether oxygens (including phenoxy) is 1. The van der Waals surface area contributed by atoms with Gasteiger partial charge in [0.1, 0.15) is 5.75 Å². The van der Waals surface area contributed by atoms with Gasteiger partial charge in [-0.3, -0.25) is 4.79 Å². The fourth-order valence-electron chi connectivity index (χ4n) is 1.96. The zero-order valence-electron chi connectivity index (χ0n) is 10.6. The summed E-state index contributed by atoms with van der Waals surface area (Å²) in [6.45, 7) is 0. The van der Waals surface area contributed by atoms with Gasteiger partial charge in [-0.15, -0.1) is 0 Å². The van der Waals surface area contributed by atoms with Crippen molar-refractivity contribution in [3.05, 3.63) is 28.2 Å². The van der Waals surface area contributed by atoms with E-state index in [9.17, 15) is 4.79 Å². The molecule has 3 N–H and O–H groups in total. The number of nitrogens with two attached hydrogens (primary N) is 1. The van der Waals surface area contributed by atoms with Crippen LogP contribution in [0, 0.1) is 0 Å². The van der Waals surface area contributed by atoms with Crippen molar-refractivity contribution in [3.63, 3.8) is 0 Å². The van der Waals surface area contributed by atoms with Gasteiger partial charge in [0.2, 0.25) is 0 Å². The molecule has 0 radical (unpaired) electrons. The van der Waals surface area contributed by atoms with Crippen molar-refractivity contribution in [2.45, 2.75) is 44.2 Å². The first kappa shape index (κ1) is 14.3. The molecule has 0 aromatic heterocycles. The van der Waals surface area contributed by atoms with Gasteiger partial charge in [0.15, 0.2) is 0 Å². The molecule has 104 valence electrons. The Morgan fingerprint density at radius 2 is 2.26 bits per heavy atom. The van der Waals surface area contributed by atoms with E-state index in [0.29, 0.717) is 12.5 Å². The van der Waals surface area contributed by atoms with Crippen LogP contribution in [0.1, 0.15) is 43.7 Å². The van der Waals surface area contributed by atoms with Gasteiger partial charge < -0.3 is 15.6 Å². The lowest BCUT2D eigenvalue weighted by Crippen LogP contribution is -2.24. The Morgan fingerprint density at radius 1 is 1.53 bits per heavy atom. The summed E-state index contributed by atoms with van der Waals surface area (Å²) in [5.74, 6) is 0.0123. The lowest BCUT2D eigenvalue weighted by molar-refractivity contribution is -0.137. The van der Waals surface area contributed by atoms with Crippen LogP contribution in [-0.4, -0.2) is 17.2 Å². The van der Waals surface area contributed by atoms with Crippen LogP contribution in [0.3, 0.4) is 0 Å². The third-order valence-corrected chi connectivity index (χ3v) is 4.02. The Hall–Kier alpha value is -1.07. The molecule has 4 nitrogen and oxygen atoms in total. The van der Waals surface area contributed by atoms with Crippen molar-refractivity contribution >= 4 is 21.9 Å². The highest BCUT2D eigenvalue weighted by atomic mass is 79.9. The molecule has 1 aliphatic rings. The largest absolute Gasteiger partial charge is 0.489 e. The maximum atomic E-state index is 10.5. The van der Waals surface area contributed by atoms with E-state index >= 15 is 0 Å². The predicted octanol–water partition coefficient (Wildman–Crippen LogP) is 3.25. The fourth-order valence-corrected chi connectivity index (χ4v) is 2.45. The van der Waals surface area contributed by atoms with Crippen LogP contribution >= 0.6 is 15.9 Å². The lowest BCUT2D eigenvalue weighted by atomic mass is 9.96. The number of rotatable bonds is 6. The summed E-state index contributed by atoms with van der Waals surface area (Å²) in [6.07, 6.45) is 4.32. The highest BCUT2D eigenvalue weighted by Crippen LogP contribution is 2.32. The molecule has 1 aliphatic carbocycles. The van der Waals surface area contributed by atoms with E-state index in [1.165, 1.54) is 6.42 Å². The minimum absolute atomic E-state index is 0.0825. The predicted molar refractivity (Wildman–Crippen MR) is 76.2 cm³/mol. The Kier molecular flexibility index (Phi) is 4.82. The fraction of sp³-hybridized carbons (Fsp3) is 0.500. The second-order valence-electron chi connectivity index (χ2n) is 4.90.